The van der Waals surface area contributed by atoms with E-state index in [0.717, 1.165) is 41.2 Å². The molecule has 256 valence electrons. The first-order chi connectivity index (χ1) is 23.4. The maximum Gasteiger partial charge on any atom is 0.328 e. The lowest BCUT2D eigenvalue weighted by atomic mass is 10.1. The molecule has 4 aromatic carbocycles. The maximum absolute atomic E-state index is 12.4. The van der Waals surface area contributed by atoms with Crippen LogP contribution in [0.4, 0.5) is 10.5 Å². The summed E-state index contributed by atoms with van der Waals surface area (Å²) >= 11 is 0. The highest BCUT2D eigenvalue weighted by Crippen LogP contribution is 2.31. The summed E-state index contributed by atoms with van der Waals surface area (Å²) in [6, 6.07) is 11.2. The van der Waals surface area contributed by atoms with Crippen molar-refractivity contribution in [1.29, 1.82) is 0 Å². The number of barbiturate groups is 1. The fourth-order valence-electron chi connectivity index (χ4n) is 4.92. The number of fused-ring (bicyclic) bond motifs is 3. The first kappa shape index (κ1) is 34.1. The van der Waals surface area contributed by atoms with Crippen LogP contribution in [0.25, 0.3) is 39.6 Å². The van der Waals surface area contributed by atoms with E-state index in [-0.39, 0.29) is 38.9 Å². The normalized spacial score (nSPS) is 15.0. The van der Waals surface area contributed by atoms with E-state index in [1.165, 1.54) is 24.3 Å². The van der Waals surface area contributed by atoms with Crippen molar-refractivity contribution in [1.82, 2.24) is 25.6 Å². The molecule has 6 rings (SSSR count). The van der Waals surface area contributed by atoms with Crippen LogP contribution in [0.3, 0.4) is 0 Å². The lowest BCUT2D eigenvalue weighted by molar-refractivity contribution is -0.131. The van der Waals surface area contributed by atoms with E-state index in [1.807, 2.05) is 10.6 Å². The van der Waals surface area contributed by atoms with Crippen molar-refractivity contribution in [3.63, 3.8) is 0 Å². The second-order valence-corrected chi connectivity index (χ2v) is 14.6. The van der Waals surface area contributed by atoms with Gasteiger partial charge in [-0.3, -0.25) is 33.9 Å². The predicted molar refractivity (Wildman–Crippen MR) is 171 cm³/mol. The zero-order valence-corrected chi connectivity index (χ0v) is 27.0. The van der Waals surface area contributed by atoms with E-state index in [1.54, 1.807) is 18.2 Å². The Morgan fingerprint density at radius 1 is 0.680 bits per heavy atom. The van der Waals surface area contributed by atoms with E-state index < -0.39 is 68.9 Å². The van der Waals surface area contributed by atoms with Crippen LogP contribution in [-0.2, 0) is 39.9 Å². The highest BCUT2D eigenvalue weighted by Gasteiger charge is 2.34. The van der Waals surface area contributed by atoms with Crippen molar-refractivity contribution in [3.8, 4) is 5.69 Å². The van der Waals surface area contributed by atoms with Crippen LogP contribution in [0.5, 0.6) is 0 Å². The molecule has 0 atom stereocenters. The topological polar surface area (TPSA) is 294 Å². The van der Waals surface area contributed by atoms with Gasteiger partial charge in [0, 0.05) is 10.8 Å². The summed E-state index contributed by atoms with van der Waals surface area (Å²) in [5.41, 5.74) is -0.313. The molecule has 1 aliphatic heterocycles. The predicted octanol–water partition coefficient (Wildman–Crippen LogP) is 2.30. The van der Waals surface area contributed by atoms with Crippen molar-refractivity contribution in [2.75, 3.05) is 0 Å². The van der Waals surface area contributed by atoms with Gasteiger partial charge >= 0.3 is 6.03 Å². The molecule has 5 aromatic rings. The molecule has 0 unspecified atom stereocenters. The van der Waals surface area contributed by atoms with Crippen molar-refractivity contribution < 1.29 is 53.3 Å². The van der Waals surface area contributed by atoms with Crippen molar-refractivity contribution >= 4 is 87.8 Å². The Morgan fingerprint density at radius 3 is 1.84 bits per heavy atom. The summed E-state index contributed by atoms with van der Waals surface area (Å²) in [7, 11) is -14.6. The van der Waals surface area contributed by atoms with Crippen LogP contribution in [0.2, 0.25) is 0 Å². The number of azo groups is 1. The molecule has 1 saturated heterocycles. The highest BCUT2D eigenvalue weighted by molar-refractivity contribution is 7.86. The van der Waals surface area contributed by atoms with Gasteiger partial charge in [0.25, 0.3) is 42.2 Å². The fourth-order valence-corrected chi connectivity index (χ4v) is 7.04. The monoisotopic (exact) mass is 741 g/mol. The molecule has 0 aliphatic carbocycles. The largest absolute Gasteiger partial charge is 0.328 e. The van der Waals surface area contributed by atoms with Gasteiger partial charge in [-0.1, -0.05) is 48.6 Å². The molecule has 4 amide bonds. The van der Waals surface area contributed by atoms with Crippen LogP contribution in [-0.4, -0.2) is 77.8 Å². The highest BCUT2D eigenvalue weighted by atomic mass is 32.2. The average Bonchev–Trinajstić information content (AvgIpc) is 3.46. The van der Waals surface area contributed by atoms with Gasteiger partial charge in [-0.2, -0.15) is 40.3 Å². The number of rotatable bonds is 8. The Morgan fingerprint density at radius 2 is 1.24 bits per heavy atom. The van der Waals surface area contributed by atoms with Crippen LogP contribution in [0, 0.1) is 0 Å². The van der Waals surface area contributed by atoms with Crippen molar-refractivity contribution in [2.24, 2.45) is 10.2 Å². The third-order valence-corrected chi connectivity index (χ3v) is 9.83. The third kappa shape index (κ3) is 6.73. The first-order valence-electron chi connectivity index (χ1n) is 13.6. The van der Waals surface area contributed by atoms with Crippen LogP contribution >= 0.6 is 0 Å². The molecular formula is C28H19N7O12S3. The molecule has 1 fully saturated rings. The van der Waals surface area contributed by atoms with Gasteiger partial charge in [0.15, 0.2) is 0 Å². The van der Waals surface area contributed by atoms with E-state index in [4.69, 9.17) is 0 Å². The minimum Gasteiger partial charge on any atom is -0.282 e. The Bertz CT molecular complexity index is 2690. The Balaban J connectivity index is 1.37. The molecule has 0 bridgehead atoms. The quantitative estimate of drug-likeness (QED) is 0.0660. The zero-order valence-electron chi connectivity index (χ0n) is 24.6. The number of benzene rings is 4. The van der Waals surface area contributed by atoms with Gasteiger partial charge in [-0.05, 0) is 41.5 Å². The van der Waals surface area contributed by atoms with Crippen molar-refractivity contribution in [2.45, 2.75) is 20.7 Å². The van der Waals surface area contributed by atoms with Gasteiger partial charge in [0.1, 0.15) is 25.7 Å². The minimum atomic E-state index is -4.95. The molecular weight excluding hydrogens is 723 g/mol. The molecule has 0 radical (unpaired) electrons. The summed E-state index contributed by atoms with van der Waals surface area (Å²) < 4.78 is 103. The lowest BCUT2D eigenvalue weighted by Gasteiger charge is -2.16. The summed E-state index contributed by atoms with van der Waals surface area (Å²) in [6.45, 7) is 0. The lowest BCUT2D eigenvalue weighted by Crippen LogP contribution is -2.57. The number of urea groups is 1. The van der Waals surface area contributed by atoms with Gasteiger partial charge < -0.3 is 0 Å². The maximum atomic E-state index is 12.4. The van der Waals surface area contributed by atoms with Crippen LogP contribution in [0.1, 0.15) is 11.1 Å². The molecule has 0 spiro atoms. The van der Waals surface area contributed by atoms with Gasteiger partial charge in [-0.25, -0.2) is 4.79 Å². The summed E-state index contributed by atoms with van der Waals surface area (Å²) in [4.78, 5) is 34.1. The second-order valence-electron chi connectivity index (χ2n) is 10.4. The number of carbonyl (C=O) groups is 3. The molecule has 2 heterocycles. The number of hydrogen-bond donors (Lipinski definition) is 5. The number of aromatic nitrogens is 3. The summed E-state index contributed by atoms with van der Waals surface area (Å²) in [6.07, 6.45) is 2.22. The smallest absolute Gasteiger partial charge is 0.282 e. The Hall–Kier alpha value is -5.78. The van der Waals surface area contributed by atoms with E-state index in [2.05, 4.69) is 20.4 Å². The van der Waals surface area contributed by atoms with Gasteiger partial charge in [0.05, 0.1) is 11.4 Å². The molecule has 1 aromatic heterocycles. The number of imide groups is 2. The molecule has 5 N–H and O–H groups in total. The summed E-state index contributed by atoms with van der Waals surface area (Å²) in [5, 5.41) is 19.9. The standard InChI is InChI=1S/C28H19N7O12S3/c36-26-25(27(37)30-28(38)29-26)32-31-16-9-7-14(21(11-16)48(39,40)41)5-6-15-8-10-17(12-22(15)49(42,43)44)35-33-20-13-23(50(45,46)47)18-3-1-2-4-19(18)24(20)34-35/h1-13,25H,(H,39,40,41)(H,42,43,44)(H,45,46,47)(H2,29,30,36,37,38). The van der Waals surface area contributed by atoms with Crippen LogP contribution in [0.15, 0.2) is 91.6 Å². The van der Waals surface area contributed by atoms with E-state index >= 15 is 0 Å². The Kier molecular flexibility index (Phi) is 8.37. The van der Waals surface area contributed by atoms with Gasteiger partial charge in [-0.15, -0.1) is 10.2 Å². The fraction of sp³-hybridized carbons (Fsp3) is 0.0357. The Labute approximate surface area is 280 Å². The van der Waals surface area contributed by atoms with Crippen LogP contribution < -0.4 is 10.6 Å². The number of nitrogens with zero attached hydrogens (tertiary/aromatic N) is 5. The number of carbonyl (C=O) groups excluding carboxylic acids is 3. The zero-order chi connectivity index (χ0) is 36.2. The summed E-state index contributed by atoms with van der Waals surface area (Å²) in [5.74, 6) is -2.15. The first-order valence-corrected chi connectivity index (χ1v) is 18.0. The van der Waals surface area contributed by atoms with Crippen molar-refractivity contribution in [3.05, 3.63) is 77.9 Å². The minimum absolute atomic E-state index is 0.00139. The van der Waals surface area contributed by atoms with E-state index in [9.17, 15) is 53.3 Å². The number of amides is 4. The SMILES string of the molecule is O=C1NC(=O)C(N=Nc2ccc(C=Cc3ccc(-n4nc5cc(S(=O)(=O)O)c6ccccc6c5n4)cc3S(=O)(=O)O)c(S(=O)(=O)O)c2)C(=O)N1. The van der Waals surface area contributed by atoms with E-state index in [0.29, 0.717) is 5.39 Å². The third-order valence-electron chi connectivity index (χ3n) is 7.12. The average molecular weight is 742 g/mol. The number of hydrogen-bond acceptors (Lipinski definition) is 13. The second kappa shape index (κ2) is 12.3. The van der Waals surface area contributed by atoms with Gasteiger partial charge in [0.2, 0.25) is 6.04 Å². The molecule has 22 heteroatoms. The molecule has 50 heavy (non-hydrogen) atoms. The number of nitrogens with one attached hydrogen (secondary N) is 2. The molecule has 0 saturated carbocycles. The molecule has 1 aliphatic rings. The molecule has 19 nitrogen and oxygen atoms in total.